The highest BCUT2D eigenvalue weighted by Gasteiger charge is 2.44. The molecule has 0 aromatic rings. The van der Waals surface area contributed by atoms with E-state index < -0.39 is 0 Å². The Morgan fingerprint density at radius 2 is 2.06 bits per heavy atom. The summed E-state index contributed by atoms with van der Waals surface area (Å²) in [5, 5.41) is 0. The molecule has 3 rings (SSSR count). The van der Waals surface area contributed by atoms with Crippen molar-refractivity contribution in [2.45, 2.75) is 51.6 Å². The van der Waals surface area contributed by atoms with Crippen LogP contribution in [0.3, 0.4) is 0 Å². The number of amides is 1. The van der Waals surface area contributed by atoms with Gasteiger partial charge in [-0.2, -0.15) is 0 Å². The first-order valence-electron chi connectivity index (χ1n) is 7.18. The van der Waals surface area contributed by atoms with Crippen LogP contribution in [0.4, 0.5) is 0 Å². The Kier molecular flexibility index (Phi) is 2.89. The molecule has 0 N–H and O–H groups in total. The van der Waals surface area contributed by atoms with Gasteiger partial charge in [0.2, 0.25) is 5.91 Å². The molecule has 0 aromatic carbocycles. The third kappa shape index (κ3) is 1.99. The van der Waals surface area contributed by atoms with Gasteiger partial charge in [0.15, 0.2) is 0 Å². The number of hydrogen-bond donors (Lipinski definition) is 0. The highest BCUT2D eigenvalue weighted by molar-refractivity contribution is 5.77. The maximum absolute atomic E-state index is 12.0. The molecule has 2 bridgehead atoms. The van der Waals surface area contributed by atoms with Gasteiger partial charge in [-0.1, -0.05) is 0 Å². The Hall–Kier alpha value is -0.570. The molecule has 0 radical (unpaired) electrons. The number of carbonyl (C=O) groups is 1. The quantitative estimate of drug-likeness (QED) is 0.692. The molecule has 0 spiro atoms. The summed E-state index contributed by atoms with van der Waals surface area (Å²) in [7, 11) is 0. The molecule has 96 valence electrons. The first-order valence-corrected chi connectivity index (χ1v) is 7.18. The molecule has 3 nitrogen and oxygen atoms in total. The van der Waals surface area contributed by atoms with Gasteiger partial charge in [-0.3, -0.25) is 4.79 Å². The van der Waals surface area contributed by atoms with Gasteiger partial charge in [0.05, 0.1) is 0 Å². The Labute approximate surface area is 104 Å². The lowest BCUT2D eigenvalue weighted by Crippen LogP contribution is -2.61. The normalized spacial score (nSPS) is 38.4. The fourth-order valence-electron chi connectivity index (χ4n) is 4.07. The lowest BCUT2D eigenvalue weighted by molar-refractivity contribution is -0.145. The molecule has 0 aliphatic carbocycles. The lowest BCUT2D eigenvalue weighted by atomic mass is 9.75. The molecule has 3 atom stereocenters. The SMILES string of the molecule is CC(C)N1CC2C[C@H](C1)[C@@H]1CCCC(=O)N1C2. The topological polar surface area (TPSA) is 23.6 Å². The van der Waals surface area contributed by atoms with Gasteiger partial charge in [-0.25, -0.2) is 0 Å². The second-order valence-electron chi connectivity index (χ2n) is 6.42. The third-order valence-electron chi connectivity index (χ3n) is 4.94. The van der Waals surface area contributed by atoms with Crippen molar-refractivity contribution >= 4 is 5.91 Å². The highest BCUT2D eigenvalue weighted by Crippen LogP contribution is 2.38. The Morgan fingerprint density at radius 1 is 1.24 bits per heavy atom. The molecular weight excluding hydrogens is 212 g/mol. The van der Waals surface area contributed by atoms with E-state index in [2.05, 4.69) is 23.6 Å². The number of piperidine rings is 3. The van der Waals surface area contributed by atoms with Gasteiger partial charge < -0.3 is 9.80 Å². The molecule has 1 amide bonds. The predicted octanol–water partition coefficient (Wildman–Crippen LogP) is 1.73. The third-order valence-corrected chi connectivity index (χ3v) is 4.94. The molecule has 17 heavy (non-hydrogen) atoms. The molecule has 3 heterocycles. The Balaban J connectivity index is 1.77. The average molecular weight is 236 g/mol. The van der Waals surface area contributed by atoms with Crippen LogP contribution in [0.15, 0.2) is 0 Å². The van der Waals surface area contributed by atoms with Gasteiger partial charge in [0, 0.05) is 38.1 Å². The molecule has 3 aliphatic rings. The number of fused-ring (bicyclic) bond motifs is 4. The van der Waals surface area contributed by atoms with Crippen LogP contribution in [0.5, 0.6) is 0 Å². The van der Waals surface area contributed by atoms with Crippen molar-refractivity contribution in [2.75, 3.05) is 19.6 Å². The number of rotatable bonds is 1. The van der Waals surface area contributed by atoms with Gasteiger partial charge in [0.25, 0.3) is 0 Å². The van der Waals surface area contributed by atoms with Gasteiger partial charge in [-0.05, 0) is 44.9 Å². The smallest absolute Gasteiger partial charge is 0.222 e. The highest BCUT2D eigenvalue weighted by atomic mass is 16.2. The van der Waals surface area contributed by atoms with Crippen LogP contribution in [0, 0.1) is 11.8 Å². The molecule has 3 heteroatoms. The van der Waals surface area contributed by atoms with Gasteiger partial charge in [-0.15, -0.1) is 0 Å². The maximum atomic E-state index is 12.0. The van der Waals surface area contributed by atoms with Crippen molar-refractivity contribution in [3.8, 4) is 0 Å². The Morgan fingerprint density at radius 3 is 2.82 bits per heavy atom. The largest absolute Gasteiger partial charge is 0.339 e. The van der Waals surface area contributed by atoms with Gasteiger partial charge in [0.1, 0.15) is 0 Å². The minimum atomic E-state index is 0.425. The number of hydrogen-bond acceptors (Lipinski definition) is 2. The van der Waals surface area contributed by atoms with E-state index in [9.17, 15) is 4.79 Å². The lowest BCUT2D eigenvalue weighted by Gasteiger charge is -2.53. The summed E-state index contributed by atoms with van der Waals surface area (Å²) < 4.78 is 0. The van der Waals surface area contributed by atoms with Crippen molar-refractivity contribution in [1.29, 1.82) is 0 Å². The Bertz CT molecular complexity index is 315. The van der Waals surface area contributed by atoms with Crippen LogP contribution in [0.1, 0.15) is 39.5 Å². The van der Waals surface area contributed by atoms with E-state index in [0.29, 0.717) is 18.0 Å². The van der Waals surface area contributed by atoms with Crippen LogP contribution in [-0.2, 0) is 4.79 Å². The fraction of sp³-hybridized carbons (Fsp3) is 0.929. The number of likely N-dealkylation sites (tertiary alicyclic amines) is 1. The zero-order chi connectivity index (χ0) is 12.0. The van der Waals surface area contributed by atoms with E-state index in [4.69, 9.17) is 0 Å². The summed E-state index contributed by atoms with van der Waals surface area (Å²) in [4.78, 5) is 16.8. The predicted molar refractivity (Wildman–Crippen MR) is 67.7 cm³/mol. The zero-order valence-electron chi connectivity index (χ0n) is 11.1. The summed E-state index contributed by atoms with van der Waals surface area (Å²) in [6.45, 7) is 8.03. The van der Waals surface area contributed by atoms with Crippen LogP contribution >= 0.6 is 0 Å². The molecule has 0 saturated carbocycles. The molecule has 1 unspecified atom stereocenters. The monoisotopic (exact) mass is 236 g/mol. The van der Waals surface area contributed by atoms with Crippen molar-refractivity contribution in [1.82, 2.24) is 9.80 Å². The van der Waals surface area contributed by atoms with Crippen LogP contribution in [0.25, 0.3) is 0 Å². The first-order chi connectivity index (χ1) is 8.15. The summed E-state index contributed by atoms with van der Waals surface area (Å²) >= 11 is 0. The van der Waals surface area contributed by atoms with E-state index >= 15 is 0 Å². The second-order valence-corrected chi connectivity index (χ2v) is 6.42. The first kappa shape index (κ1) is 11.5. The second kappa shape index (κ2) is 4.27. The van der Waals surface area contributed by atoms with E-state index in [1.54, 1.807) is 0 Å². The zero-order valence-corrected chi connectivity index (χ0v) is 11.1. The van der Waals surface area contributed by atoms with Crippen LogP contribution in [-0.4, -0.2) is 47.4 Å². The van der Waals surface area contributed by atoms with Crippen molar-refractivity contribution in [2.24, 2.45) is 11.8 Å². The van der Waals surface area contributed by atoms with Crippen molar-refractivity contribution in [3.63, 3.8) is 0 Å². The molecule has 3 aliphatic heterocycles. The van der Waals surface area contributed by atoms with E-state index in [1.807, 2.05) is 0 Å². The summed E-state index contributed by atoms with van der Waals surface area (Å²) in [6, 6.07) is 1.22. The fourth-order valence-corrected chi connectivity index (χ4v) is 4.07. The standard InChI is InChI=1S/C14H24N2O/c1-10(2)15-7-11-6-12(9-15)13-4-3-5-14(17)16(13)8-11/h10-13H,3-9H2,1-2H3/t11?,12-,13+/m1/s1. The molecule has 0 aromatic heterocycles. The van der Waals surface area contributed by atoms with E-state index in [-0.39, 0.29) is 0 Å². The van der Waals surface area contributed by atoms with Gasteiger partial charge >= 0.3 is 0 Å². The molecular formula is C14H24N2O. The van der Waals surface area contributed by atoms with E-state index in [0.717, 1.165) is 31.2 Å². The average Bonchev–Trinajstić information content (AvgIpc) is 2.30. The summed E-state index contributed by atoms with van der Waals surface area (Å²) in [6.07, 6.45) is 4.51. The minimum Gasteiger partial charge on any atom is -0.339 e. The van der Waals surface area contributed by atoms with Crippen molar-refractivity contribution < 1.29 is 4.79 Å². The molecule has 3 saturated heterocycles. The maximum Gasteiger partial charge on any atom is 0.222 e. The summed E-state index contributed by atoms with van der Waals surface area (Å²) in [5.41, 5.74) is 0. The molecule has 3 fully saturated rings. The number of carbonyl (C=O) groups excluding carboxylic acids is 1. The van der Waals surface area contributed by atoms with Crippen LogP contribution < -0.4 is 0 Å². The number of nitrogens with zero attached hydrogens (tertiary/aromatic N) is 2. The van der Waals surface area contributed by atoms with E-state index in [1.165, 1.54) is 25.9 Å². The van der Waals surface area contributed by atoms with Crippen molar-refractivity contribution in [3.05, 3.63) is 0 Å². The summed E-state index contributed by atoms with van der Waals surface area (Å²) in [5.74, 6) is 1.90. The van der Waals surface area contributed by atoms with Crippen LogP contribution in [0.2, 0.25) is 0 Å². The minimum absolute atomic E-state index is 0.425.